The van der Waals surface area contributed by atoms with Crippen LogP contribution in [-0.2, 0) is 32.6 Å². The Morgan fingerprint density at radius 2 is 1.51 bits per heavy atom. The fourth-order valence-corrected chi connectivity index (χ4v) is 7.50. The second-order valence-electron chi connectivity index (χ2n) is 13.8. The minimum Gasteiger partial charge on any atom is -0.489 e. The molecule has 4 aromatic heterocycles. The molecule has 18 nitrogen and oxygen atoms in total. The van der Waals surface area contributed by atoms with Crippen LogP contribution in [0.25, 0.3) is 22.1 Å². The van der Waals surface area contributed by atoms with Crippen LogP contribution in [0.15, 0.2) is 30.3 Å². The lowest BCUT2D eigenvalue weighted by Gasteiger charge is -2.19. The smallest absolute Gasteiger partial charge is 0.276 e. The van der Waals surface area contributed by atoms with Crippen LogP contribution in [0.3, 0.4) is 0 Å². The lowest BCUT2D eigenvalue weighted by Crippen LogP contribution is -2.23. The number of aliphatic hydroxyl groups excluding tert-OH is 1. The van der Waals surface area contributed by atoms with E-state index in [1.54, 1.807) is 39.7 Å². The lowest BCUT2D eigenvalue weighted by molar-refractivity contribution is 0.0994. The molecule has 0 saturated heterocycles. The first kappa shape index (κ1) is 35.7. The van der Waals surface area contributed by atoms with Crippen LogP contribution in [0.1, 0.15) is 86.3 Å². The highest BCUT2D eigenvalue weighted by Crippen LogP contribution is 2.35. The molecule has 6 aromatic rings. The minimum atomic E-state index is -1.18. The number of carbonyl (C=O) groups excluding carboxylic acids is 3. The fraction of sp³-hybridized carbons (Fsp3) is 0.378. The average Bonchev–Trinajstić information content (AvgIpc) is 3.91. The number of unbranched alkanes of at least 4 members (excludes halogenated alkanes) is 2. The number of hydrogen-bond acceptors (Lipinski definition) is 11. The Morgan fingerprint density at radius 1 is 0.855 bits per heavy atom. The van der Waals surface area contributed by atoms with E-state index in [1.165, 1.54) is 0 Å². The number of amides is 3. The summed E-state index contributed by atoms with van der Waals surface area (Å²) in [5.41, 5.74) is 17.7. The molecule has 0 saturated carbocycles. The Hall–Kier alpha value is -6.27. The summed E-state index contributed by atoms with van der Waals surface area (Å²) in [5.74, 6) is 0.518. The summed E-state index contributed by atoms with van der Waals surface area (Å²) in [6.07, 6.45) is 1.78. The van der Waals surface area contributed by atoms with Gasteiger partial charge < -0.3 is 35.2 Å². The summed E-state index contributed by atoms with van der Waals surface area (Å²) in [7, 11) is 0. The molecule has 7 N–H and O–H groups in total. The molecular weight excluding hydrogens is 708 g/mol. The number of ether oxygens (including phenoxy) is 2. The number of nitrogens with two attached hydrogens (primary N) is 2. The van der Waals surface area contributed by atoms with Crippen molar-refractivity contribution in [3.8, 4) is 11.5 Å². The van der Waals surface area contributed by atoms with E-state index < -0.39 is 12.1 Å². The normalized spacial score (nSPS) is 13.8. The van der Waals surface area contributed by atoms with Crippen LogP contribution in [0, 0.1) is 13.8 Å². The van der Waals surface area contributed by atoms with E-state index in [2.05, 4.69) is 30.8 Å². The van der Waals surface area contributed by atoms with Crippen molar-refractivity contribution >= 4 is 51.7 Å². The molecule has 2 aliphatic rings. The van der Waals surface area contributed by atoms with Crippen LogP contribution in [0.2, 0.25) is 0 Å². The van der Waals surface area contributed by atoms with Crippen LogP contribution in [0.5, 0.6) is 11.5 Å². The number of aromatic nitrogens is 8. The largest absolute Gasteiger partial charge is 0.489 e. The molecule has 2 aromatic carbocycles. The van der Waals surface area contributed by atoms with Crippen LogP contribution >= 0.6 is 0 Å². The molecule has 8 rings (SSSR count). The van der Waals surface area contributed by atoms with Gasteiger partial charge in [0.05, 0.1) is 35.5 Å². The highest BCUT2D eigenvalue weighted by atomic mass is 16.5. The van der Waals surface area contributed by atoms with Crippen LogP contribution in [-0.4, -0.2) is 74.7 Å². The molecule has 18 heteroatoms. The third kappa shape index (κ3) is 6.52. The maximum absolute atomic E-state index is 13.9. The van der Waals surface area contributed by atoms with Gasteiger partial charge in [-0.1, -0.05) is 6.42 Å². The van der Waals surface area contributed by atoms with E-state index in [4.69, 9.17) is 20.9 Å². The molecule has 1 atom stereocenters. The van der Waals surface area contributed by atoms with E-state index in [1.807, 2.05) is 29.9 Å². The molecule has 286 valence electrons. The molecule has 3 amide bonds. The Labute approximate surface area is 314 Å². The van der Waals surface area contributed by atoms with Gasteiger partial charge in [-0.25, -0.2) is 9.97 Å². The van der Waals surface area contributed by atoms with Crippen molar-refractivity contribution in [1.82, 2.24) is 38.7 Å². The van der Waals surface area contributed by atoms with Crippen LogP contribution < -0.4 is 31.6 Å². The van der Waals surface area contributed by atoms with E-state index in [0.717, 1.165) is 36.0 Å². The van der Waals surface area contributed by atoms with Crippen molar-refractivity contribution in [3.63, 3.8) is 0 Å². The first-order valence-corrected chi connectivity index (χ1v) is 18.3. The number of aryl methyl sites for hydroxylation is 4. The van der Waals surface area contributed by atoms with E-state index >= 15 is 0 Å². The Kier molecular flexibility index (Phi) is 9.22. The molecule has 0 fully saturated rings. The second-order valence-corrected chi connectivity index (χ2v) is 13.8. The summed E-state index contributed by atoms with van der Waals surface area (Å²) >= 11 is 0. The van der Waals surface area contributed by atoms with Gasteiger partial charge in [0.25, 0.3) is 11.8 Å². The molecule has 1 unspecified atom stereocenters. The standard InChI is InChI=1S/C37H42N12O6/c1-4-48-29(35(53)43-37-41-25-16-22(33(39)51)18-28-31(25)47(37)11-13-55-28)23(20(3)45-48)8-6-5-7-9-49-26(14-19(2)44-49)34(52)42-36-40-24-15-21(32(38)50)17-27-30(24)46(36)10-12-54-27/h14-18,33,51H,4-13,39H2,1-3H3,(H2,38,50)(H,40,42,52)(H,41,43,53). The van der Waals surface area contributed by atoms with Gasteiger partial charge in [-0.2, -0.15) is 10.2 Å². The predicted molar refractivity (Wildman–Crippen MR) is 201 cm³/mol. The highest BCUT2D eigenvalue weighted by molar-refractivity contribution is 6.05. The number of imidazole rings is 2. The van der Waals surface area contributed by atoms with Gasteiger partial charge in [0, 0.05) is 29.8 Å². The molecular formula is C37H42N12O6. The maximum Gasteiger partial charge on any atom is 0.276 e. The minimum absolute atomic E-state index is 0.279. The predicted octanol–water partition coefficient (Wildman–Crippen LogP) is 3.17. The quantitative estimate of drug-likeness (QED) is 0.0849. The van der Waals surface area contributed by atoms with Crippen molar-refractivity contribution in [2.75, 3.05) is 23.8 Å². The number of nitrogens with zero attached hydrogens (tertiary/aromatic N) is 8. The molecule has 0 radical (unpaired) electrons. The van der Waals surface area contributed by atoms with Gasteiger partial charge in [-0.05, 0) is 70.4 Å². The topological polar surface area (TPSA) is 237 Å². The first-order chi connectivity index (χ1) is 26.5. The summed E-state index contributed by atoms with van der Waals surface area (Å²) in [5, 5.41) is 25.2. The van der Waals surface area contributed by atoms with Gasteiger partial charge in [-0.3, -0.25) is 34.4 Å². The van der Waals surface area contributed by atoms with E-state index in [9.17, 15) is 19.5 Å². The van der Waals surface area contributed by atoms with Gasteiger partial charge in [0.2, 0.25) is 17.8 Å². The summed E-state index contributed by atoms with van der Waals surface area (Å²) in [6.45, 7) is 8.43. The van der Waals surface area contributed by atoms with Gasteiger partial charge >= 0.3 is 0 Å². The van der Waals surface area contributed by atoms with E-state index in [-0.39, 0.29) is 17.4 Å². The number of benzene rings is 2. The van der Waals surface area contributed by atoms with Crippen molar-refractivity contribution in [1.29, 1.82) is 0 Å². The van der Waals surface area contributed by atoms with Gasteiger partial charge in [-0.15, -0.1) is 0 Å². The zero-order valence-corrected chi connectivity index (χ0v) is 30.8. The zero-order chi connectivity index (χ0) is 38.5. The number of nitrogens with one attached hydrogen (secondary N) is 2. The first-order valence-electron chi connectivity index (χ1n) is 18.3. The van der Waals surface area contributed by atoms with Gasteiger partial charge in [0.15, 0.2) is 0 Å². The second kappa shape index (κ2) is 14.2. The maximum atomic E-state index is 13.9. The monoisotopic (exact) mass is 750 g/mol. The Balaban J connectivity index is 0.930. The number of carbonyl (C=O) groups is 3. The summed E-state index contributed by atoms with van der Waals surface area (Å²) in [6, 6.07) is 8.32. The number of primary amides is 1. The molecule has 0 bridgehead atoms. The molecule has 0 aliphatic carbocycles. The number of rotatable bonds is 13. The van der Waals surface area contributed by atoms with Crippen LogP contribution in [0.4, 0.5) is 11.9 Å². The average molecular weight is 751 g/mol. The number of aliphatic hydroxyl groups is 1. The molecule has 55 heavy (non-hydrogen) atoms. The van der Waals surface area contributed by atoms with Gasteiger partial charge in [0.1, 0.15) is 53.4 Å². The summed E-state index contributed by atoms with van der Waals surface area (Å²) < 4.78 is 18.8. The molecule has 6 heterocycles. The van der Waals surface area contributed by atoms with E-state index in [0.29, 0.717) is 108 Å². The third-order valence-electron chi connectivity index (χ3n) is 10.1. The highest BCUT2D eigenvalue weighted by Gasteiger charge is 2.27. The Bertz CT molecular complexity index is 2510. The lowest BCUT2D eigenvalue weighted by atomic mass is 10.0. The Morgan fingerprint density at radius 3 is 2.16 bits per heavy atom. The van der Waals surface area contributed by atoms with Crippen molar-refractivity contribution in [2.45, 2.75) is 78.9 Å². The number of hydrogen-bond donors (Lipinski definition) is 5. The van der Waals surface area contributed by atoms with Crippen molar-refractivity contribution < 1.29 is 29.0 Å². The SMILES string of the molecule is CCn1nc(C)c(CCCCCn2nc(C)cc2C(=O)Nc2nc3cc(C(N)=O)cc4c3n2CCO4)c1C(=O)Nc1nc2cc(C(N)O)cc3c2n1CCO3. The third-order valence-corrected chi connectivity index (χ3v) is 10.1. The van der Waals surface area contributed by atoms with Crippen molar-refractivity contribution in [2.24, 2.45) is 11.5 Å². The fourth-order valence-electron chi connectivity index (χ4n) is 7.50. The van der Waals surface area contributed by atoms with Crippen molar-refractivity contribution in [3.05, 3.63) is 69.8 Å². The molecule has 2 aliphatic heterocycles. The number of anilines is 2. The zero-order valence-electron chi connectivity index (χ0n) is 30.8. The summed E-state index contributed by atoms with van der Waals surface area (Å²) in [4.78, 5) is 48.6. The molecule has 0 spiro atoms.